The summed E-state index contributed by atoms with van der Waals surface area (Å²) in [5.41, 5.74) is 14.5. The van der Waals surface area contributed by atoms with Gasteiger partial charge in [-0.05, 0) is 199 Å². The highest BCUT2D eigenvalue weighted by atomic mass is 16.6. The van der Waals surface area contributed by atoms with Crippen molar-refractivity contribution in [2.45, 2.75) is 198 Å². The number of aliphatic hydroxyl groups excluding tert-OH is 1. The second kappa shape index (κ2) is 14.8. The van der Waals surface area contributed by atoms with Gasteiger partial charge in [-0.3, -0.25) is 9.69 Å². The van der Waals surface area contributed by atoms with Gasteiger partial charge in [0.1, 0.15) is 11.2 Å². The molecule has 0 amide bonds. The number of piperidine rings is 3. The van der Waals surface area contributed by atoms with Crippen LogP contribution in [-0.4, -0.2) is 64.6 Å². The zero-order valence-electron chi connectivity index (χ0n) is 43.4. The first-order valence-electron chi connectivity index (χ1n) is 30.6. The van der Waals surface area contributed by atoms with Crippen LogP contribution in [0.2, 0.25) is 0 Å². The lowest BCUT2D eigenvalue weighted by Gasteiger charge is -2.74. The molecule has 4 saturated heterocycles. The highest BCUT2D eigenvalue weighted by Gasteiger charge is 2.94. The second-order valence-corrected chi connectivity index (χ2v) is 28.4. The fourth-order valence-corrected chi connectivity index (χ4v) is 24.2. The van der Waals surface area contributed by atoms with Crippen LogP contribution in [-0.2, 0) is 26.3 Å². The summed E-state index contributed by atoms with van der Waals surface area (Å²) in [5.74, 6) is 3.86. The van der Waals surface area contributed by atoms with Crippen LogP contribution in [0.25, 0.3) is 0 Å². The topological polar surface area (TPSA) is 105 Å². The first kappa shape index (κ1) is 43.8. The molecular formula is C64H81N3O5. The van der Waals surface area contributed by atoms with Crippen LogP contribution < -0.4 is 5.73 Å². The van der Waals surface area contributed by atoms with E-state index < -0.39 is 16.4 Å². The van der Waals surface area contributed by atoms with Crippen molar-refractivity contribution in [1.82, 2.24) is 9.80 Å². The number of hydrogen-bond acceptors (Lipinski definition) is 8. The summed E-state index contributed by atoms with van der Waals surface area (Å²) >= 11 is 0. The zero-order chi connectivity index (χ0) is 47.8. The maximum Gasteiger partial charge on any atom is 0.339 e. The van der Waals surface area contributed by atoms with Crippen molar-refractivity contribution in [3.05, 3.63) is 80.5 Å². The van der Waals surface area contributed by atoms with Gasteiger partial charge in [0, 0.05) is 66.1 Å². The number of carbonyl (C=O) groups is 2. The molecule has 16 unspecified atom stereocenters. The number of rotatable bonds is 5. The third-order valence-corrected chi connectivity index (χ3v) is 26.4. The molecule has 8 nitrogen and oxygen atoms in total. The standard InChI is InChI=1S/C64H81N3O5/c1-35-27-39-15-17-48-42-29-43-34-67(48)55(39)53-44-20-25-62-57(56(68)45-16-18-49(43)66(33-42)54(45)40-12-7-23-60(31-40)21-4-5-22-60)71-59(70)63(62)50(64(62)47-14-6-11-37(13-8-26-65)51(47)58(69)72-64)30-41(36-9-2-3-10-36)28-38-19-24-61(35,53)32-46(38)52(44)63/h6,11,14,28,35-36,40-43,45-46,48-50,53-54,68H,2-5,7-10,12-13,15-27,29-34,65H2,1H3. The molecule has 8 heteroatoms. The Hall–Kier alpha value is -3.36. The average Bonchev–Trinajstić information content (AvgIpc) is 4.25. The molecule has 3 N–H and O–H groups in total. The molecule has 0 aromatic heterocycles. The fourth-order valence-electron chi connectivity index (χ4n) is 24.2. The molecule has 72 heavy (non-hydrogen) atoms. The summed E-state index contributed by atoms with van der Waals surface area (Å²) < 4.78 is 15.0. The molecular weight excluding hydrogens is 891 g/mol. The van der Waals surface area contributed by atoms with Crippen molar-refractivity contribution >= 4 is 11.9 Å². The number of carbonyl (C=O) groups excluding carboxylic acids is 2. The number of aliphatic hydroxyl groups is 1. The summed E-state index contributed by atoms with van der Waals surface area (Å²) in [6.07, 6.45) is 32.8. The molecule has 1 aromatic carbocycles. The van der Waals surface area contributed by atoms with E-state index in [4.69, 9.17) is 15.2 Å². The largest absolute Gasteiger partial charge is 0.508 e. The molecule has 7 aliphatic heterocycles. The Morgan fingerprint density at radius 1 is 0.833 bits per heavy atom. The van der Waals surface area contributed by atoms with Crippen molar-refractivity contribution in [2.24, 2.45) is 86.6 Å². The smallest absolute Gasteiger partial charge is 0.339 e. The number of nitrogens with zero attached hydrogens (tertiary/aromatic N) is 2. The minimum absolute atomic E-state index is 0.110. The van der Waals surface area contributed by atoms with Gasteiger partial charge in [-0.15, -0.1) is 0 Å². The van der Waals surface area contributed by atoms with E-state index in [0.29, 0.717) is 95.4 Å². The molecule has 17 rings (SSSR count). The first-order valence-corrected chi connectivity index (χ1v) is 30.6. The predicted octanol–water partition coefficient (Wildman–Crippen LogP) is 12.1. The molecule has 16 atom stereocenters. The Morgan fingerprint density at radius 2 is 1.67 bits per heavy atom. The van der Waals surface area contributed by atoms with E-state index in [1.165, 1.54) is 121 Å². The highest BCUT2D eigenvalue weighted by Crippen LogP contribution is 2.89. The quantitative estimate of drug-likeness (QED) is 0.222. The number of aryl methyl sites for hydroxylation is 1. The third-order valence-electron chi connectivity index (χ3n) is 26.4. The first-order chi connectivity index (χ1) is 35.2. The van der Waals surface area contributed by atoms with Gasteiger partial charge in [0.25, 0.3) is 0 Å². The lowest BCUT2D eigenvalue weighted by Crippen LogP contribution is -2.78. The summed E-state index contributed by atoms with van der Waals surface area (Å²) in [7, 11) is 0. The average molecular weight is 972 g/mol. The number of fused-ring (bicyclic) bond motifs is 8. The zero-order valence-corrected chi connectivity index (χ0v) is 43.4. The van der Waals surface area contributed by atoms with Gasteiger partial charge in [0.15, 0.2) is 11.4 Å². The minimum atomic E-state index is -1.13. The molecule has 9 fully saturated rings. The van der Waals surface area contributed by atoms with Crippen molar-refractivity contribution in [2.75, 3.05) is 19.6 Å². The number of ether oxygens (including phenoxy) is 2. The Labute approximate surface area is 428 Å². The number of benzene rings is 1. The van der Waals surface area contributed by atoms with E-state index in [2.05, 4.69) is 41.0 Å². The van der Waals surface area contributed by atoms with Crippen LogP contribution >= 0.6 is 0 Å². The van der Waals surface area contributed by atoms with E-state index in [9.17, 15) is 5.11 Å². The van der Waals surface area contributed by atoms with E-state index in [1.54, 1.807) is 22.4 Å². The van der Waals surface area contributed by atoms with Gasteiger partial charge in [-0.25, -0.2) is 4.79 Å². The highest BCUT2D eigenvalue weighted by molar-refractivity contribution is 6.00. The molecule has 5 saturated carbocycles. The van der Waals surface area contributed by atoms with Crippen LogP contribution in [0, 0.1) is 80.8 Å². The molecule has 9 aliphatic carbocycles. The van der Waals surface area contributed by atoms with Gasteiger partial charge >= 0.3 is 11.9 Å². The molecule has 0 radical (unpaired) electrons. The van der Waals surface area contributed by atoms with Crippen LogP contribution in [0.3, 0.4) is 0 Å². The SMILES string of the molecule is CC1CC2=C3C4C5=C6C7CC14CCC7=CC(C1CCCC1)CC1C64C(=O)OC(=C(O)C6CCC7C8CC(CN7C6C6CCCC7(CCCC7)C6)C(CC2)N3C8)C4(CC5)C12OC(=O)c1c(CCCN)cccc12. The van der Waals surface area contributed by atoms with Crippen LogP contribution in [0.15, 0.2) is 63.8 Å². The summed E-state index contributed by atoms with van der Waals surface area (Å²) in [4.78, 5) is 38.4. The van der Waals surface area contributed by atoms with E-state index in [0.717, 1.165) is 62.6 Å². The summed E-state index contributed by atoms with van der Waals surface area (Å²) in [6, 6.07) is 7.81. The van der Waals surface area contributed by atoms with Crippen molar-refractivity contribution in [1.29, 1.82) is 0 Å². The normalized spacial score (nSPS) is 47.6. The Bertz CT molecular complexity index is 2740. The third kappa shape index (κ3) is 4.96. The predicted molar refractivity (Wildman–Crippen MR) is 275 cm³/mol. The maximum absolute atomic E-state index is 16.8. The van der Waals surface area contributed by atoms with Gasteiger partial charge in [-0.2, -0.15) is 0 Å². The van der Waals surface area contributed by atoms with Gasteiger partial charge in [0.05, 0.1) is 11.0 Å². The Morgan fingerprint density at radius 3 is 2.53 bits per heavy atom. The maximum atomic E-state index is 16.8. The van der Waals surface area contributed by atoms with Crippen LogP contribution in [0.1, 0.15) is 189 Å². The number of hydrogen-bond donors (Lipinski definition) is 2. The van der Waals surface area contributed by atoms with E-state index in [-0.39, 0.29) is 41.1 Å². The monoisotopic (exact) mass is 972 g/mol. The van der Waals surface area contributed by atoms with Gasteiger partial charge < -0.3 is 25.2 Å². The Kier molecular flexibility index (Phi) is 8.99. The lowest BCUT2D eigenvalue weighted by atomic mass is 9.26. The van der Waals surface area contributed by atoms with Crippen molar-refractivity contribution < 1.29 is 24.2 Å². The van der Waals surface area contributed by atoms with Gasteiger partial charge in [-0.1, -0.05) is 80.0 Å². The van der Waals surface area contributed by atoms with E-state index in [1.807, 2.05) is 0 Å². The van der Waals surface area contributed by atoms with E-state index >= 15 is 9.59 Å². The Balaban J connectivity index is 0.973. The summed E-state index contributed by atoms with van der Waals surface area (Å²) in [6.45, 7) is 5.52. The molecule has 1 aromatic rings. The van der Waals surface area contributed by atoms with Crippen molar-refractivity contribution in [3.8, 4) is 0 Å². The van der Waals surface area contributed by atoms with Crippen LogP contribution in [0.4, 0.5) is 0 Å². The number of esters is 2. The molecule has 16 aliphatic rings. The van der Waals surface area contributed by atoms with Gasteiger partial charge in [0.2, 0.25) is 0 Å². The number of nitrogens with two attached hydrogens (primary N) is 1. The van der Waals surface area contributed by atoms with Crippen LogP contribution in [0.5, 0.6) is 0 Å². The molecule has 382 valence electrons. The minimum Gasteiger partial charge on any atom is -0.508 e. The lowest BCUT2D eigenvalue weighted by molar-refractivity contribution is -0.284. The molecule has 5 spiro atoms. The molecule has 7 heterocycles. The summed E-state index contributed by atoms with van der Waals surface area (Å²) in [5, 5.41) is 14.3. The fraction of sp³-hybridized carbons (Fsp3) is 0.750. The number of allylic oxidation sites excluding steroid dienone is 4. The van der Waals surface area contributed by atoms with Crippen molar-refractivity contribution in [3.63, 3.8) is 0 Å². The second-order valence-electron chi connectivity index (χ2n) is 28.4. The molecule has 9 bridgehead atoms.